The van der Waals surface area contributed by atoms with Crippen LogP contribution < -0.4 is 14.4 Å². The number of thioether (sulfide) groups is 1. The molecule has 4 rings (SSSR count). The topological polar surface area (TPSA) is 72.7 Å². The standard InChI is InChI=1S/C25H30FN5O3S/c1-4-31-24(18(2)34-22-8-6-5-7-21(22)33-3)27-28-25(31)35-17-23(32)30-15-13-29(14-16-30)20-11-9-19(26)10-12-20/h5-12,18H,4,13-17H2,1-3H3. The van der Waals surface area contributed by atoms with Gasteiger partial charge in [0.1, 0.15) is 5.82 Å². The number of carbonyl (C=O) groups excluding carboxylic acids is 1. The molecule has 1 amide bonds. The van der Waals surface area contributed by atoms with Gasteiger partial charge in [0.15, 0.2) is 28.6 Å². The quantitative estimate of drug-likeness (QED) is 0.412. The molecule has 0 spiro atoms. The van der Waals surface area contributed by atoms with Crippen LogP contribution >= 0.6 is 11.8 Å². The molecule has 1 aliphatic heterocycles. The molecule has 2 aromatic carbocycles. The first-order valence-electron chi connectivity index (χ1n) is 11.6. The lowest BCUT2D eigenvalue weighted by molar-refractivity contribution is -0.128. The fourth-order valence-electron chi connectivity index (χ4n) is 4.05. The van der Waals surface area contributed by atoms with Crippen molar-refractivity contribution in [1.82, 2.24) is 19.7 Å². The summed E-state index contributed by atoms with van der Waals surface area (Å²) in [6, 6.07) is 14.0. The second-order valence-electron chi connectivity index (χ2n) is 8.13. The van der Waals surface area contributed by atoms with Crippen molar-refractivity contribution in [3.63, 3.8) is 0 Å². The Morgan fingerprint density at radius 3 is 2.40 bits per heavy atom. The Morgan fingerprint density at radius 2 is 1.74 bits per heavy atom. The van der Waals surface area contributed by atoms with Gasteiger partial charge in [0.2, 0.25) is 5.91 Å². The number of rotatable bonds is 9. The summed E-state index contributed by atoms with van der Waals surface area (Å²) in [7, 11) is 1.61. The van der Waals surface area contributed by atoms with Crippen molar-refractivity contribution < 1.29 is 18.7 Å². The zero-order chi connectivity index (χ0) is 24.8. The highest BCUT2D eigenvalue weighted by molar-refractivity contribution is 7.99. The fraction of sp³-hybridized carbons (Fsp3) is 0.400. The van der Waals surface area contributed by atoms with Crippen LogP contribution in [0.2, 0.25) is 0 Å². The minimum atomic E-state index is -0.344. The number of piperazine rings is 1. The molecule has 1 saturated heterocycles. The van der Waals surface area contributed by atoms with E-state index in [0.717, 1.165) is 18.8 Å². The Balaban J connectivity index is 1.33. The van der Waals surface area contributed by atoms with Crippen LogP contribution in [0.5, 0.6) is 11.5 Å². The van der Waals surface area contributed by atoms with E-state index in [1.165, 1.54) is 23.9 Å². The van der Waals surface area contributed by atoms with Gasteiger partial charge in [0.25, 0.3) is 0 Å². The zero-order valence-electron chi connectivity index (χ0n) is 20.2. The number of nitrogens with zero attached hydrogens (tertiary/aromatic N) is 5. The van der Waals surface area contributed by atoms with Gasteiger partial charge < -0.3 is 23.8 Å². The third-order valence-electron chi connectivity index (χ3n) is 5.95. The highest BCUT2D eigenvalue weighted by Crippen LogP contribution is 2.31. The molecular weight excluding hydrogens is 469 g/mol. The molecule has 0 aliphatic carbocycles. The molecule has 35 heavy (non-hydrogen) atoms. The first-order valence-corrected chi connectivity index (χ1v) is 12.6. The number of aromatic nitrogens is 3. The predicted octanol–water partition coefficient (Wildman–Crippen LogP) is 4.03. The van der Waals surface area contributed by atoms with E-state index in [9.17, 15) is 9.18 Å². The van der Waals surface area contributed by atoms with Crippen LogP contribution in [0, 0.1) is 5.82 Å². The summed E-state index contributed by atoms with van der Waals surface area (Å²) in [4.78, 5) is 16.9. The van der Waals surface area contributed by atoms with Crippen LogP contribution in [0.4, 0.5) is 10.1 Å². The van der Waals surface area contributed by atoms with E-state index in [1.807, 2.05) is 47.6 Å². The van der Waals surface area contributed by atoms with Gasteiger partial charge in [-0.25, -0.2) is 4.39 Å². The smallest absolute Gasteiger partial charge is 0.233 e. The Labute approximate surface area is 209 Å². The molecular formula is C25H30FN5O3S. The molecule has 10 heteroatoms. The van der Waals surface area contributed by atoms with Gasteiger partial charge in [-0.1, -0.05) is 23.9 Å². The van der Waals surface area contributed by atoms with Crippen molar-refractivity contribution in [2.45, 2.75) is 31.7 Å². The van der Waals surface area contributed by atoms with Crippen LogP contribution in [0.3, 0.4) is 0 Å². The monoisotopic (exact) mass is 499 g/mol. The molecule has 8 nitrogen and oxygen atoms in total. The molecule has 1 aliphatic rings. The molecule has 0 radical (unpaired) electrons. The predicted molar refractivity (Wildman–Crippen MR) is 134 cm³/mol. The zero-order valence-corrected chi connectivity index (χ0v) is 21.0. The van der Waals surface area contributed by atoms with Crippen LogP contribution in [0.25, 0.3) is 0 Å². The van der Waals surface area contributed by atoms with Crippen molar-refractivity contribution in [3.05, 3.63) is 60.2 Å². The Kier molecular flexibility index (Phi) is 8.12. The third-order valence-corrected chi connectivity index (χ3v) is 6.90. The Bertz CT molecular complexity index is 1130. The normalized spacial score (nSPS) is 14.6. The van der Waals surface area contributed by atoms with Gasteiger partial charge in [0, 0.05) is 38.4 Å². The lowest BCUT2D eigenvalue weighted by atomic mass is 10.2. The molecule has 1 fully saturated rings. The number of amides is 1. The molecule has 0 saturated carbocycles. The second-order valence-corrected chi connectivity index (χ2v) is 9.07. The number of ether oxygens (including phenoxy) is 2. The van der Waals surface area contributed by atoms with E-state index in [0.29, 0.717) is 42.1 Å². The molecule has 1 unspecified atom stereocenters. The minimum Gasteiger partial charge on any atom is -0.493 e. The van der Waals surface area contributed by atoms with Crippen molar-refractivity contribution in [1.29, 1.82) is 0 Å². The SMILES string of the molecule is CCn1c(SCC(=O)N2CCN(c3ccc(F)cc3)CC2)nnc1C(C)Oc1ccccc1OC. The van der Waals surface area contributed by atoms with Gasteiger partial charge in [-0.2, -0.15) is 0 Å². The highest BCUT2D eigenvalue weighted by atomic mass is 32.2. The van der Waals surface area contributed by atoms with Crippen molar-refractivity contribution in [2.75, 3.05) is 43.9 Å². The van der Waals surface area contributed by atoms with Crippen LogP contribution in [0.1, 0.15) is 25.8 Å². The summed E-state index contributed by atoms with van der Waals surface area (Å²) in [5.74, 6) is 2.10. The molecule has 1 atom stereocenters. The van der Waals surface area contributed by atoms with Gasteiger partial charge in [-0.3, -0.25) is 4.79 Å². The lowest BCUT2D eigenvalue weighted by Gasteiger charge is -2.36. The number of anilines is 1. The van der Waals surface area contributed by atoms with E-state index in [2.05, 4.69) is 15.1 Å². The summed E-state index contributed by atoms with van der Waals surface area (Å²) >= 11 is 1.39. The number of para-hydroxylation sites is 2. The van der Waals surface area contributed by atoms with Gasteiger partial charge in [0.05, 0.1) is 12.9 Å². The van der Waals surface area contributed by atoms with E-state index in [4.69, 9.17) is 9.47 Å². The molecule has 2 heterocycles. The van der Waals surface area contributed by atoms with Gasteiger partial charge in [-0.15, -0.1) is 10.2 Å². The Morgan fingerprint density at radius 1 is 1.06 bits per heavy atom. The number of methoxy groups -OCH3 is 1. The maximum absolute atomic E-state index is 13.2. The van der Waals surface area contributed by atoms with Crippen LogP contribution in [-0.4, -0.2) is 64.6 Å². The molecule has 1 aromatic heterocycles. The van der Waals surface area contributed by atoms with Gasteiger partial charge in [-0.05, 0) is 50.2 Å². The number of hydrogen-bond acceptors (Lipinski definition) is 7. The maximum Gasteiger partial charge on any atom is 0.233 e. The summed E-state index contributed by atoms with van der Waals surface area (Å²) in [5.41, 5.74) is 0.973. The number of carbonyl (C=O) groups is 1. The third kappa shape index (κ3) is 5.87. The number of benzene rings is 2. The van der Waals surface area contributed by atoms with Crippen LogP contribution in [0.15, 0.2) is 53.7 Å². The molecule has 0 bridgehead atoms. The van der Waals surface area contributed by atoms with Crippen molar-refractivity contribution in [2.24, 2.45) is 0 Å². The summed E-state index contributed by atoms with van der Waals surface area (Å²) < 4.78 is 26.6. The van der Waals surface area contributed by atoms with E-state index in [-0.39, 0.29) is 23.6 Å². The van der Waals surface area contributed by atoms with E-state index < -0.39 is 0 Å². The first kappa shape index (κ1) is 24.8. The van der Waals surface area contributed by atoms with Crippen LogP contribution in [-0.2, 0) is 11.3 Å². The lowest BCUT2D eigenvalue weighted by Crippen LogP contribution is -2.49. The van der Waals surface area contributed by atoms with E-state index in [1.54, 1.807) is 19.2 Å². The minimum absolute atomic E-state index is 0.0688. The summed E-state index contributed by atoms with van der Waals surface area (Å²) in [5, 5.41) is 9.36. The molecule has 0 N–H and O–H groups in total. The Hall–Kier alpha value is -3.27. The number of halogens is 1. The average molecular weight is 500 g/mol. The first-order chi connectivity index (χ1) is 17.0. The largest absolute Gasteiger partial charge is 0.493 e. The van der Waals surface area contributed by atoms with Gasteiger partial charge >= 0.3 is 0 Å². The van der Waals surface area contributed by atoms with E-state index >= 15 is 0 Å². The fourth-order valence-corrected chi connectivity index (χ4v) is 4.96. The average Bonchev–Trinajstić information content (AvgIpc) is 3.31. The summed E-state index contributed by atoms with van der Waals surface area (Å²) in [6.45, 7) is 7.30. The molecule has 186 valence electrons. The van der Waals surface area contributed by atoms with Crippen molar-refractivity contribution >= 4 is 23.4 Å². The summed E-state index contributed by atoms with van der Waals surface area (Å²) in [6.07, 6.45) is -0.344. The number of hydrogen-bond donors (Lipinski definition) is 0. The highest BCUT2D eigenvalue weighted by Gasteiger charge is 2.24. The molecule has 3 aromatic rings. The van der Waals surface area contributed by atoms with Crippen molar-refractivity contribution in [3.8, 4) is 11.5 Å². The maximum atomic E-state index is 13.2. The second kappa shape index (κ2) is 11.4.